The molecule has 0 saturated heterocycles. The molecule has 1 aliphatic heterocycles. The number of hydrogen-bond acceptors (Lipinski definition) is 3. The van der Waals surface area contributed by atoms with Gasteiger partial charge in [0.2, 0.25) is 5.91 Å². The predicted molar refractivity (Wildman–Crippen MR) is 101 cm³/mol. The van der Waals surface area contributed by atoms with Crippen molar-refractivity contribution in [1.29, 1.82) is 0 Å². The minimum Gasteiger partial charge on any atom is -0.496 e. The molecule has 27 heavy (non-hydrogen) atoms. The van der Waals surface area contributed by atoms with E-state index < -0.39 is 18.1 Å². The van der Waals surface area contributed by atoms with E-state index in [1.807, 2.05) is 48.5 Å². The fourth-order valence-corrected chi connectivity index (χ4v) is 4.09. The fraction of sp³-hybridized carbons (Fsp3) is 0.238. The van der Waals surface area contributed by atoms with Crippen LogP contribution in [0.15, 0.2) is 48.5 Å². The molecule has 2 N–H and O–H groups in total. The van der Waals surface area contributed by atoms with Crippen molar-refractivity contribution >= 4 is 22.8 Å². The number of H-pyrrole nitrogens is 1. The highest BCUT2D eigenvalue weighted by atomic mass is 16.5. The lowest BCUT2D eigenvalue weighted by Gasteiger charge is -2.40. The van der Waals surface area contributed by atoms with Crippen LogP contribution in [0.3, 0.4) is 0 Å². The van der Waals surface area contributed by atoms with Gasteiger partial charge in [0.1, 0.15) is 17.8 Å². The lowest BCUT2D eigenvalue weighted by molar-refractivity contribution is -0.151. The number of carboxylic acids is 1. The minimum atomic E-state index is -1.01. The quantitative estimate of drug-likeness (QED) is 0.748. The number of para-hydroxylation sites is 2. The molecule has 2 aromatic carbocycles. The number of rotatable bonds is 3. The van der Waals surface area contributed by atoms with Gasteiger partial charge < -0.3 is 19.7 Å². The third kappa shape index (κ3) is 2.65. The first kappa shape index (κ1) is 17.1. The molecule has 0 fully saturated rings. The number of benzene rings is 2. The Morgan fingerprint density at radius 2 is 1.85 bits per heavy atom. The van der Waals surface area contributed by atoms with Gasteiger partial charge in [-0.15, -0.1) is 0 Å². The van der Waals surface area contributed by atoms with E-state index in [0.29, 0.717) is 5.75 Å². The number of carbonyl (C=O) groups excluding carboxylic acids is 1. The maximum Gasteiger partial charge on any atom is 0.326 e. The summed E-state index contributed by atoms with van der Waals surface area (Å²) in [7, 11) is 1.57. The molecule has 0 unspecified atom stereocenters. The zero-order chi connectivity index (χ0) is 19.1. The van der Waals surface area contributed by atoms with E-state index in [1.165, 1.54) is 11.8 Å². The fourth-order valence-electron chi connectivity index (χ4n) is 4.09. The summed E-state index contributed by atoms with van der Waals surface area (Å²) in [5.41, 5.74) is 3.46. The summed E-state index contributed by atoms with van der Waals surface area (Å²) in [5.74, 6) is -0.687. The molecule has 4 rings (SSSR count). The second-order valence-corrected chi connectivity index (χ2v) is 6.69. The number of fused-ring (bicyclic) bond motifs is 3. The van der Waals surface area contributed by atoms with Crippen LogP contribution in [-0.2, 0) is 16.0 Å². The zero-order valence-corrected chi connectivity index (χ0v) is 15.1. The number of ether oxygens (including phenoxy) is 1. The van der Waals surface area contributed by atoms with Crippen molar-refractivity contribution in [3.8, 4) is 5.75 Å². The Bertz CT molecular complexity index is 1040. The lowest BCUT2D eigenvalue weighted by atomic mass is 9.87. The normalized spacial score (nSPS) is 19.0. The topological polar surface area (TPSA) is 82.6 Å². The van der Waals surface area contributed by atoms with Gasteiger partial charge in [-0.2, -0.15) is 0 Å². The molecule has 0 bridgehead atoms. The molecule has 1 amide bonds. The molecule has 1 aromatic heterocycles. The van der Waals surface area contributed by atoms with Gasteiger partial charge in [-0.25, -0.2) is 4.79 Å². The van der Waals surface area contributed by atoms with Crippen molar-refractivity contribution in [2.24, 2.45) is 0 Å². The number of carbonyl (C=O) groups is 2. The molecule has 0 aliphatic carbocycles. The molecular formula is C21H20N2O4. The molecule has 6 heteroatoms. The van der Waals surface area contributed by atoms with Crippen LogP contribution in [0, 0.1) is 0 Å². The number of nitrogens with one attached hydrogen (secondary N) is 1. The third-order valence-electron chi connectivity index (χ3n) is 5.21. The van der Waals surface area contributed by atoms with Gasteiger partial charge in [0.25, 0.3) is 0 Å². The van der Waals surface area contributed by atoms with Gasteiger partial charge in [0, 0.05) is 35.5 Å². The number of nitrogens with zero attached hydrogens (tertiary/aromatic N) is 1. The maximum absolute atomic E-state index is 12.5. The highest BCUT2D eigenvalue weighted by Crippen LogP contribution is 2.43. The largest absolute Gasteiger partial charge is 0.496 e. The average molecular weight is 364 g/mol. The molecule has 2 heterocycles. The molecule has 1 aliphatic rings. The molecule has 3 aromatic rings. The molecule has 138 valence electrons. The van der Waals surface area contributed by atoms with E-state index >= 15 is 0 Å². The average Bonchev–Trinajstić information content (AvgIpc) is 3.04. The molecule has 2 atom stereocenters. The summed E-state index contributed by atoms with van der Waals surface area (Å²) in [6.45, 7) is 1.41. The summed E-state index contributed by atoms with van der Waals surface area (Å²) in [5, 5.41) is 10.8. The smallest absolute Gasteiger partial charge is 0.326 e. The van der Waals surface area contributed by atoms with E-state index in [1.54, 1.807) is 7.11 Å². The standard InChI is InChI=1S/C21H20N2O4/c1-12(24)23-17(21(25)26)11-15-13-7-3-5-9-16(13)22-19(15)20(23)14-8-4-6-10-18(14)27-2/h3-10,17,20,22H,11H2,1-2H3,(H,25,26)/t17-,20-/m0/s1. The maximum atomic E-state index is 12.5. The Labute approximate surface area is 156 Å². The summed E-state index contributed by atoms with van der Waals surface area (Å²) in [4.78, 5) is 29.4. The first-order chi connectivity index (χ1) is 13.0. The Morgan fingerprint density at radius 1 is 1.15 bits per heavy atom. The Morgan fingerprint density at radius 3 is 2.56 bits per heavy atom. The van der Waals surface area contributed by atoms with Gasteiger partial charge in [-0.3, -0.25) is 4.79 Å². The van der Waals surface area contributed by atoms with Crippen LogP contribution in [0.2, 0.25) is 0 Å². The van der Waals surface area contributed by atoms with Crippen molar-refractivity contribution in [2.75, 3.05) is 7.11 Å². The Hall–Kier alpha value is -3.28. The van der Waals surface area contributed by atoms with Gasteiger partial charge >= 0.3 is 5.97 Å². The van der Waals surface area contributed by atoms with Gasteiger partial charge in [-0.05, 0) is 17.7 Å². The first-order valence-electron chi connectivity index (χ1n) is 8.77. The second kappa shape index (κ2) is 6.46. The third-order valence-corrected chi connectivity index (χ3v) is 5.21. The van der Waals surface area contributed by atoms with Gasteiger partial charge in [-0.1, -0.05) is 36.4 Å². The minimum absolute atomic E-state index is 0.264. The first-order valence-corrected chi connectivity index (χ1v) is 8.77. The number of aromatic nitrogens is 1. The van der Waals surface area contributed by atoms with Crippen LogP contribution in [0.5, 0.6) is 5.75 Å². The molecule has 0 saturated carbocycles. The molecule has 0 spiro atoms. The monoisotopic (exact) mass is 364 g/mol. The summed E-state index contributed by atoms with van der Waals surface area (Å²) in [6.07, 6.45) is 0.264. The summed E-state index contributed by atoms with van der Waals surface area (Å²) < 4.78 is 5.51. The number of hydrogen-bond donors (Lipinski definition) is 2. The SMILES string of the molecule is COc1ccccc1[C@H]1c2[nH]c3ccccc3c2C[C@@H](C(=O)O)N1C(C)=O. The highest BCUT2D eigenvalue weighted by molar-refractivity contribution is 5.90. The Balaban J connectivity index is 2.03. The second-order valence-electron chi connectivity index (χ2n) is 6.69. The number of aromatic amines is 1. The van der Waals surface area contributed by atoms with E-state index in [0.717, 1.165) is 27.7 Å². The lowest BCUT2D eigenvalue weighted by Crippen LogP contribution is -2.50. The van der Waals surface area contributed by atoms with Gasteiger partial charge in [0.15, 0.2) is 0 Å². The summed E-state index contributed by atoms with van der Waals surface area (Å²) >= 11 is 0. The van der Waals surface area contributed by atoms with E-state index in [-0.39, 0.29) is 12.3 Å². The van der Waals surface area contributed by atoms with Crippen LogP contribution in [-0.4, -0.2) is 40.0 Å². The van der Waals surface area contributed by atoms with Crippen molar-refractivity contribution in [1.82, 2.24) is 9.88 Å². The number of aliphatic carboxylic acids is 1. The number of methoxy groups -OCH3 is 1. The van der Waals surface area contributed by atoms with Crippen LogP contribution < -0.4 is 4.74 Å². The highest BCUT2D eigenvalue weighted by Gasteiger charge is 2.43. The van der Waals surface area contributed by atoms with Crippen molar-refractivity contribution in [3.63, 3.8) is 0 Å². The molecule has 6 nitrogen and oxygen atoms in total. The number of carboxylic acid groups (broad SMARTS) is 1. The van der Waals surface area contributed by atoms with Crippen LogP contribution >= 0.6 is 0 Å². The molecular weight excluding hydrogens is 344 g/mol. The van der Waals surface area contributed by atoms with Crippen molar-refractivity contribution < 1.29 is 19.4 Å². The van der Waals surface area contributed by atoms with Gasteiger partial charge in [0.05, 0.1) is 7.11 Å². The number of amides is 1. The van der Waals surface area contributed by atoms with Crippen molar-refractivity contribution in [2.45, 2.75) is 25.4 Å². The predicted octanol–water partition coefficient (Wildman–Crippen LogP) is 3.12. The van der Waals surface area contributed by atoms with E-state index in [9.17, 15) is 14.7 Å². The zero-order valence-electron chi connectivity index (χ0n) is 15.1. The molecule has 0 radical (unpaired) electrons. The Kier molecular flexibility index (Phi) is 4.11. The van der Waals surface area contributed by atoms with E-state index in [2.05, 4.69) is 4.98 Å². The van der Waals surface area contributed by atoms with Crippen LogP contribution in [0.4, 0.5) is 0 Å². The summed E-state index contributed by atoms with van der Waals surface area (Å²) in [6, 6.07) is 13.7. The van der Waals surface area contributed by atoms with Crippen LogP contribution in [0.1, 0.15) is 29.8 Å². The van der Waals surface area contributed by atoms with E-state index in [4.69, 9.17) is 4.74 Å². The van der Waals surface area contributed by atoms with Crippen molar-refractivity contribution in [3.05, 3.63) is 65.4 Å². The van der Waals surface area contributed by atoms with Crippen LogP contribution in [0.25, 0.3) is 10.9 Å².